The quantitative estimate of drug-likeness (QED) is 0.554. The van der Waals surface area contributed by atoms with Crippen molar-refractivity contribution in [3.8, 4) is 0 Å². The molecule has 1 aliphatic heterocycles. The van der Waals surface area contributed by atoms with Gasteiger partial charge in [-0.15, -0.1) is 0 Å². The zero-order chi connectivity index (χ0) is 25.9. The predicted octanol–water partition coefficient (Wildman–Crippen LogP) is 5.38. The fraction of sp³-hybridized carbons (Fsp3) is 0.556. The van der Waals surface area contributed by atoms with E-state index in [4.69, 9.17) is 0 Å². The molecule has 5 aliphatic rings. The van der Waals surface area contributed by atoms with Gasteiger partial charge in [-0.25, -0.2) is 14.4 Å². The maximum Gasteiger partial charge on any atom is 0.416 e. The fourth-order valence-corrected chi connectivity index (χ4v) is 7.72. The molecule has 1 aromatic heterocycles. The van der Waals surface area contributed by atoms with Crippen LogP contribution in [0.3, 0.4) is 0 Å². The lowest BCUT2D eigenvalue weighted by atomic mass is 9.49. The molecule has 0 saturated heterocycles. The van der Waals surface area contributed by atoms with Crippen LogP contribution in [-0.4, -0.2) is 33.2 Å². The van der Waals surface area contributed by atoms with E-state index >= 15 is 0 Å². The Labute approximate surface area is 211 Å². The van der Waals surface area contributed by atoms with Gasteiger partial charge < -0.3 is 10.2 Å². The second-order valence-electron chi connectivity index (χ2n) is 11.5. The van der Waals surface area contributed by atoms with Gasteiger partial charge in [0.2, 0.25) is 5.91 Å². The van der Waals surface area contributed by atoms with Crippen LogP contribution in [0.5, 0.6) is 0 Å². The number of hydrogen-bond acceptors (Lipinski definition) is 4. The van der Waals surface area contributed by atoms with Crippen LogP contribution in [0.2, 0.25) is 0 Å². The lowest BCUT2D eigenvalue weighted by molar-refractivity contribution is -0.137. The highest BCUT2D eigenvalue weighted by atomic mass is 19.4. The Morgan fingerprint density at radius 3 is 2.35 bits per heavy atom. The molecule has 0 unspecified atom stereocenters. The predicted molar refractivity (Wildman–Crippen MR) is 126 cm³/mol. The topological polar surface area (TPSA) is 75.2 Å². The Kier molecular flexibility index (Phi) is 5.76. The highest BCUT2D eigenvalue weighted by Crippen LogP contribution is 2.61. The van der Waals surface area contributed by atoms with Crippen LogP contribution in [0.1, 0.15) is 72.1 Å². The molecule has 4 bridgehead atoms. The highest BCUT2D eigenvalue weighted by Gasteiger charge is 2.51. The van der Waals surface area contributed by atoms with Crippen molar-refractivity contribution in [2.24, 2.45) is 23.2 Å². The number of alkyl halides is 3. The van der Waals surface area contributed by atoms with Crippen LogP contribution in [0, 0.1) is 29.0 Å². The van der Waals surface area contributed by atoms with Gasteiger partial charge in [0.25, 0.3) is 5.91 Å². The summed E-state index contributed by atoms with van der Waals surface area (Å²) < 4.78 is 53.1. The molecule has 196 valence electrons. The van der Waals surface area contributed by atoms with E-state index in [0.29, 0.717) is 36.5 Å². The van der Waals surface area contributed by atoms with Gasteiger partial charge in [-0.1, -0.05) is 0 Å². The summed E-state index contributed by atoms with van der Waals surface area (Å²) in [6.45, 7) is 0.224. The maximum atomic E-state index is 13.8. The van der Waals surface area contributed by atoms with Gasteiger partial charge in [0, 0.05) is 24.1 Å². The minimum absolute atomic E-state index is 0.0341. The lowest BCUT2D eigenvalue weighted by Gasteiger charge is -2.56. The molecule has 1 aromatic carbocycles. The number of carbonyl (C=O) groups excluding carboxylic acids is 2. The van der Waals surface area contributed by atoms with E-state index in [-0.39, 0.29) is 30.0 Å². The number of benzene rings is 1. The monoisotopic (exact) mass is 516 g/mol. The van der Waals surface area contributed by atoms with E-state index in [1.807, 2.05) is 0 Å². The number of nitrogens with zero attached hydrogens (tertiary/aromatic N) is 3. The second-order valence-corrected chi connectivity index (χ2v) is 11.5. The van der Waals surface area contributed by atoms with Gasteiger partial charge in [0.05, 0.1) is 17.8 Å². The fourth-order valence-electron chi connectivity index (χ4n) is 7.72. The van der Waals surface area contributed by atoms with Crippen molar-refractivity contribution < 1.29 is 27.2 Å². The molecule has 37 heavy (non-hydrogen) atoms. The van der Waals surface area contributed by atoms with Gasteiger partial charge in [-0.3, -0.25) is 9.59 Å². The van der Waals surface area contributed by atoms with E-state index in [9.17, 15) is 27.2 Å². The molecule has 6 nitrogen and oxygen atoms in total. The zero-order valence-electron chi connectivity index (χ0n) is 20.3. The van der Waals surface area contributed by atoms with Crippen LogP contribution < -0.4 is 5.32 Å². The third-order valence-electron chi connectivity index (χ3n) is 8.72. The molecule has 0 spiro atoms. The summed E-state index contributed by atoms with van der Waals surface area (Å²) in [5.74, 6) is 0.792. The van der Waals surface area contributed by atoms with Gasteiger partial charge >= 0.3 is 6.18 Å². The number of aromatic nitrogens is 2. The Bertz CT molecular complexity index is 1230. The summed E-state index contributed by atoms with van der Waals surface area (Å²) in [5, 5.41) is 2.98. The second kappa shape index (κ2) is 8.77. The number of fused-ring (bicyclic) bond motifs is 1. The standard InChI is InChI=1S/C27H28F4N4O2/c28-20-7-18(6-19(8-20)27(29,30)31)25(37)35-2-1-21-22(13-35)32-14-33-24(21)34-23(36)12-26-9-15-3-16(10-26)5-17(4-15)11-26/h6-8,14-17H,1-5,9-13H2,(H,32,33,34,36). The van der Waals surface area contributed by atoms with E-state index < -0.39 is 23.5 Å². The zero-order valence-corrected chi connectivity index (χ0v) is 20.3. The molecule has 4 saturated carbocycles. The average Bonchev–Trinajstić information content (AvgIpc) is 2.81. The summed E-state index contributed by atoms with van der Waals surface area (Å²) in [7, 11) is 0. The van der Waals surface area contributed by atoms with Crippen LogP contribution in [0.15, 0.2) is 24.5 Å². The normalized spacial score (nSPS) is 28.2. The number of amides is 2. The Balaban J connectivity index is 1.15. The molecule has 10 heteroatoms. The number of hydrogen-bond donors (Lipinski definition) is 1. The van der Waals surface area contributed by atoms with E-state index in [0.717, 1.165) is 48.6 Å². The largest absolute Gasteiger partial charge is 0.416 e. The SMILES string of the molecule is O=C(CC12CC3CC(CC(C3)C1)C2)Nc1ncnc2c1CCN(C(=O)c1cc(F)cc(C(F)(F)F)c1)C2. The van der Waals surface area contributed by atoms with Gasteiger partial charge in [-0.2, -0.15) is 13.2 Å². The molecule has 2 aromatic rings. The molecular weight excluding hydrogens is 488 g/mol. The minimum Gasteiger partial charge on any atom is -0.332 e. The van der Waals surface area contributed by atoms with Crippen molar-refractivity contribution in [3.05, 3.63) is 52.7 Å². The summed E-state index contributed by atoms with van der Waals surface area (Å²) in [4.78, 5) is 35.9. The van der Waals surface area contributed by atoms with Crippen molar-refractivity contribution in [1.29, 1.82) is 0 Å². The lowest BCUT2D eigenvalue weighted by Crippen LogP contribution is -2.47. The molecule has 2 amide bonds. The highest BCUT2D eigenvalue weighted by molar-refractivity contribution is 5.95. The first-order chi connectivity index (χ1) is 17.6. The minimum atomic E-state index is -4.76. The Hall–Kier alpha value is -3.04. The summed E-state index contributed by atoms with van der Waals surface area (Å²) in [5.41, 5.74) is -0.239. The molecule has 4 aliphatic carbocycles. The van der Waals surface area contributed by atoms with Gasteiger partial charge in [0.15, 0.2) is 0 Å². The first kappa shape index (κ1) is 24.3. The first-order valence-electron chi connectivity index (χ1n) is 12.9. The van der Waals surface area contributed by atoms with Crippen molar-refractivity contribution in [2.45, 2.75) is 64.1 Å². The number of carbonyl (C=O) groups is 2. The number of halogens is 4. The molecule has 7 rings (SSSR count). The Morgan fingerprint density at radius 2 is 1.70 bits per heavy atom. The molecule has 0 atom stereocenters. The summed E-state index contributed by atoms with van der Waals surface area (Å²) in [6, 6.07) is 1.84. The maximum absolute atomic E-state index is 13.8. The number of rotatable bonds is 4. The number of nitrogens with one attached hydrogen (secondary N) is 1. The third kappa shape index (κ3) is 4.70. The van der Waals surface area contributed by atoms with Crippen molar-refractivity contribution in [3.63, 3.8) is 0 Å². The van der Waals surface area contributed by atoms with Gasteiger partial charge in [-0.05, 0) is 86.3 Å². The smallest absolute Gasteiger partial charge is 0.332 e. The van der Waals surface area contributed by atoms with E-state index in [1.54, 1.807) is 0 Å². The summed E-state index contributed by atoms with van der Waals surface area (Å²) in [6.07, 6.45) is 4.68. The van der Waals surface area contributed by atoms with Crippen LogP contribution in [0.4, 0.5) is 23.4 Å². The summed E-state index contributed by atoms with van der Waals surface area (Å²) >= 11 is 0. The molecule has 1 N–H and O–H groups in total. The molecule has 2 heterocycles. The van der Waals surface area contributed by atoms with Crippen LogP contribution in [-0.2, 0) is 23.9 Å². The third-order valence-corrected chi connectivity index (χ3v) is 8.72. The van der Waals surface area contributed by atoms with Crippen LogP contribution >= 0.6 is 0 Å². The van der Waals surface area contributed by atoms with Crippen LogP contribution in [0.25, 0.3) is 0 Å². The van der Waals surface area contributed by atoms with Crippen molar-refractivity contribution >= 4 is 17.6 Å². The van der Waals surface area contributed by atoms with E-state index in [2.05, 4.69) is 15.3 Å². The Morgan fingerprint density at radius 1 is 1.03 bits per heavy atom. The first-order valence-corrected chi connectivity index (χ1v) is 12.9. The molecule has 0 radical (unpaired) electrons. The van der Waals surface area contributed by atoms with E-state index in [1.165, 1.54) is 30.5 Å². The average molecular weight is 517 g/mol. The number of anilines is 1. The molecular formula is C27H28F4N4O2. The van der Waals surface area contributed by atoms with Gasteiger partial charge in [0.1, 0.15) is 18.0 Å². The van der Waals surface area contributed by atoms with Crippen molar-refractivity contribution in [1.82, 2.24) is 14.9 Å². The molecule has 4 fully saturated rings. The van der Waals surface area contributed by atoms with Crippen molar-refractivity contribution in [2.75, 3.05) is 11.9 Å².